The van der Waals surface area contributed by atoms with E-state index < -0.39 is 0 Å². The Balaban J connectivity index is 1.57. The first-order valence-corrected chi connectivity index (χ1v) is 6.78. The summed E-state index contributed by atoms with van der Waals surface area (Å²) in [5, 5.41) is 3.55. The fraction of sp³-hybridized carbons (Fsp3) is 0.600. The molecule has 0 unspecified atom stereocenters. The van der Waals surface area contributed by atoms with Crippen LogP contribution in [0.1, 0.15) is 18.1 Å². The van der Waals surface area contributed by atoms with Crippen LogP contribution in [0.5, 0.6) is 0 Å². The lowest BCUT2D eigenvalue weighted by Gasteiger charge is -2.38. The smallest absolute Gasteiger partial charge is 0.0554 e. The molecule has 3 nitrogen and oxygen atoms in total. The van der Waals surface area contributed by atoms with Gasteiger partial charge < -0.3 is 15.0 Å². The first kappa shape index (κ1) is 12.0. The maximum Gasteiger partial charge on any atom is 0.0554 e. The molecule has 1 saturated heterocycles. The van der Waals surface area contributed by atoms with Crippen molar-refractivity contribution in [3.63, 3.8) is 0 Å². The van der Waals surface area contributed by atoms with E-state index in [9.17, 15) is 0 Å². The van der Waals surface area contributed by atoms with E-state index in [2.05, 4.69) is 42.4 Å². The average molecular weight is 246 g/mol. The predicted molar refractivity (Wildman–Crippen MR) is 74.0 cm³/mol. The Morgan fingerprint density at radius 1 is 1.39 bits per heavy atom. The fourth-order valence-corrected chi connectivity index (χ4v) is 2.79. The van der Waals surface area contributed by atoms with Gasteiger partial charge in [0.2, 0.25) is 0 Å². The molecule has 0 saturated carbocycles. The van der Waals surface area contributed by atoms with Crippen LogP contribution in [-0.2, 0) is 17.7 Å². The highest BCUT2D eigenvalue weighted by Gasteiger charge is 2.32. The van der Waals surface area contributed by atoms with E-state index in [1.165, 1.54) is 23.2 Å². The molecule has 18 heavy (non-hydrogen) atoms. The highest BCUT2D eigenvalue weighted by atomic mass is 16.5. The minimum atomic E-state index is 0.358. The summed E-state index contributed by atoms with van der Waals surface area (Å²) in [6.07, 6.45) is 1.19. The van der Waals surface area contributed by atoms with Gasteiger partial charge >= 0.3 is 0 Å². The minimum Gasteiger partial charge on any atom is -0.380 e. The number of anilines is 1. The van der Waals surface area contributed by atoms with Crippen LogP contribution in [0.2, 0.25) is 0 Å². The van der Waals surface area contributed by atoms with Crippen molar-refractivity contribution in [1.82, 2.24) is 5.32 Å². The van der Waals surface area contributed by atoms with Gasteiger partial charge in [0, 0.05) is 37.8 Å². The SMILES string of the molecule is CN1CCc2cc(CNCC3(C)COC3)ccc21. The third-order valence-corrected chi connectivity index (χ3v) is 4.05. The Morgan fingerprint density at radius 3 is 2.94 bits per heavy atom. The Kier molecular flexibility index (Phi) is 3.04. The molecular weight excluding hydrogens is 224 g/mol. The first-order chi connectivity index (χ1) is 8.66. The molecule has 1 aromatic carbocycles. The molecule has 1 aromatic rings. The summed E-state index contributed by atoms with van der Waals surface area (Å²) >= 11 is 0. The van der Waals surface area contributed by atoms with E-state index in [0.29, 0.717) is 5.41 Å². The first-order valence-electron chi connectivity index (χ1n) is 6.78. The van der Waals surface area contributed by atoms with Crippen molar-refractivity contribution >= 4 is 5.69 Å². The fourth-order valence-electron chi connectivity index (χ4n) is 2.79. The predicted octanol–water partition coefficient (Wildman–Crippen LogP) is 1.80. The summed E-state index contributed by atoms with van der Waals surface area (Å²) in [6.45, 7) is 7.24. The second-order valence-corrected chi connectivity index (χ2v) is 6.04. The van der Waals surface area contributed by atoms with Crippen molar-refractivity contribution in [2.24, 2.45) is 5.41 Å². The average Bonchev–Trinajstić information content (AvgIpc) is 2.69. The lowest BCUT2D eigenvalue weighted by molar-refractivity contribution is -0.0991. The lowest BCUT2D eigenvalue weighted by Crippen LogP contribution is -2.47. The van der Waals surface area contributed by atoms with Crippen molar-refractivity contribution < 1.29 is 4.74 Å². The third-order valence-electron chi connectivity index (χ3n) is 4.05. The second-order valence-electron chi connectivity index (χ2n) is 6.04. The number of hydrogen-bond acceptors (Lipinski definition) is 3. The molecule has 0 radical (unpaired) electrons. The Labute approximate surface area is 109 Å². The number of nitrogens with zero attached hydrogens (tertiary/aromatic N) is 1. The van der Waals surface area contributed by atoms with E-state index >= 15 is 0 Å². The van der Waals surface area contributed by atoms with Crippen LogP contribution in [-0.4, -0.2) is 33.4 Å². The maximum absolute atomic E-state index is 5.27. The Morgan fingerprint density at radius 2 is 2.22 bits per heavy atom. The molecule has 2 aliphatic heterocycles. The van der Waals surface area contributed by atoms with Gasteiger partial charge in [0.1, 0.15) is 0 Å². The van der Waals surface area contributed by atoms with Gasteiger partial charge in [-0.3, -0.25) is 0 Å². The van der Waals surface area contributed by atoms with E-state index in [1.807, 2.05) is 0 Å². The van der Waals surface area contributed by atoms with Crippen LogP contribution in [0.4, 0.5) is 5.69 Å². The molecular formula is C15H22N2O. The van der Waals surface area contributed by atoms with Gasteiger partial charge in [0.05, 0.1) is 13.2 Å². The molecule has 2 heterocycles. The number of ether oxygens (including phenoxy) is 1. The summed E-state index contributed by atoms with van der Waals surface area (Å²) < 4.78 is 5.27. The van der Waals surface area contributed by atoms with Gasteiger partial charge in [0.15, 0.2) is 0 Å². The van der Waals surface area contributed by atoms with E-state index in [0.717, 1.165) is 32.8 Å². The molecule has 0 bridgehead atoms. The number of fused-ring (bicyclic) bond motifs is 1. The number of nitrogens with one attached hydrogen (secondary N) is 1. The van der Waals surface area contributed by atoms with Crippen LogP contribution >= 0.6 is 0 Å². The monoisotopic (exact) mass is 246 g/mol. The molecule has 0 spiro atoms. The molecule has 3 rings (SSSR count). The van der Waals surface area contributed by atoms with Gasteiger partial charge in [-0.05, 0) is 23.6 Å². The topological polar surface area (TPSA) is 24.5 Å². The molecule has 1 N–H and O–H groups in total. The van der Waals surface area contributed by atoms with E-state index in [4.69, 9.17) is 4.74 Å². The molecule has 3 heteroatoms. The molecule has 0 atom stereocenters. The lowest BCUT2D eigenvalue weighted by atomic mass is 9.89. The number of likely N-dealkylation sites (N-methyl/N-ethyl adjacent to an activating group) is 1. The van der Waals surface area contributed by atoms with Crippen molar-refractivity contribution in [3.05, 3.63) is 29.3 Å². The van der Waals surface area contributed by atoms with Crippen molar-refractivity contribution in [2.45, 2.75) is 19.9 Å². The van der Waals surface area contributed by atoms with Crippen LogP contribution < -0.4 is 10.2 Å². The molecule has 0 aliphatic carbocycles. The van der Waals surface area contributed by atoms with E-state index in [1.54, 1.807) is 0 Å². The largest absolute Gasteiger partial charge is 0.380 e. The molecule has 2 aliphatic rings. The van der Waals surface area contributed by atoms with Gasteiger partial charge in [-0.15, -0.1) is 0 Å². The second kappa shape index (κ2) is 4.56. The summed E-state index contributed by atoms with van der Waals surface area (Å²) in [6, 6.07) is 6.85. The van der Waals surface area contributed by atoms with Gasteiger partial charge in [-0.2, -0.15) is 0 Å². The quantitative estimate of drug-likeness (QED) is 0.877. The van der Waals surface area contributed by atoms with Crippen molar-refractivity contribution in [1.29, 1.82) is 0 Å². The highest BCUT2D eigenvalue weighted by Crippen LogP contribution is 2.28. The van der Waals surface area contributed by atoms with Crippen molar-refractivity contribution in [3.8, 4) is 0 Å². The number of benzene rings is 1. The summed E-state index contributed by atoms with van der Waals surface area (Å²) in [4.78, 5) is 2.33. The zero-order valence-corrected chi connectivity index (χ0v) is 11.3. The standard InChI is InChI=1S/C15H22N2O/c1-15(10-18-11-15)9-16-8-12-3-4-14-13(7-12)5-6-17(14)2/h3-4,7,16H,5-6,8-11H2,1-2H3. The maximum atomic E-state index is 5.27. The highest BCUT2D eigenvalue weighted by molar-refractivity contribution is 5.58. The summed E-state index contributed by atoms with van der Waals surface area (Å²) in [5.41, 5.74) is 4.65. The molecule has 0 aromatic heterocycles. The number of hydrogen-bond donors (Lipinski definition) is 1. The van der Waals surface area contributed by atoms with Gasteiger partial charge in [-0.25, -0.2) is 0 Å². The van der Waals surface area contributed by atoms with Crippen LogP contribution in [0.25, 0.3) is 0 Å². The Bertz CT molecular complexity index is 440. The third kappa shape index (κ3) is 2.25. The van der Waals surface area contributed by atoms with Crippen molar-refractivity contribution in [2.75, 3.05) is 38.3 Å². The van der Waals surface area contributed by atoms with Gasteiger partial charge in [0.25, 0.3) is 0 Å². The zero-order chi connectivity index (χ0) is 12.6. The summed E-state index contributed by atoms with van der Waals surface area (Å²) in [7, 11) is 2.17. The normalized spacial score (nSPS) is 20.7. The summed E-state index contributed by atoms with van der Waals surface area (Å²) in [5.74, 6) is 0. The zero-order valence-electron chi connectivity index (χ0n) is 11.3. The molecule has 0 amide bonds. The molecule has 98 valence electrons. The molecule has 1 fully saturated rings. The van der Waals surface area contributed by atoms with E-state index in [-0.39, 0.29) is 0 Å². The minimum absolute atomic E-state index is 0.358. The van der Waals surface area contributed by atoms with Crippen LogP contribution in [0.3, 0.4) is 0 Å². The van der Waals surface area contributed by atoms with Crippen LogP contribution in [0.15, 0.2) is 18.2 Å². The number of rotatable bonds is 4. The Hall–Kier alpha value is -1.06. The van der Waals surface area contributed by atoms with Gasteiger partial charge in [-0.1, -0.05) is 19.1 Å². The van der Waals surface area contributed by atoms with Crippen LogP contribution in [0, 0.1) is 5.41 Å².